The SMILES string of the molecule is CC1=C(C/C=C(\C)CCC[C@H](C)CCC[C@H](C)CCCC(C)C)C(=O)c2cc(C)ccc2C1=O. The maximum absolute atomic E-state index is 13.0. The molecule has 1 aliphatic rings. The number of hydrogen-bond acceptors (Lipinski definition) is 2. The predicted octanol–water partition coefficient (Wildman–Crippen LogP) is 9.47. The summed E-state index contributed by atoms with van der Waals surface area (Å²) in [5.41, 5.74) is 4.73. The fraction of sp³-hybridized carbons (Fsp3) is 0.625. The zero-order valence-corrected chi connectivity index (χ0v) is 22.9. The molecule has 1 aromatic rings. The van der Waals surface area contributed by atoms with Crippen molar-refractivity contribution in [1.82, 2.24) is 0 Å². The summed E-state index contributed by atoms with van der Waals surface area (Å²) in [7, 11) is 0. The molecule has 2 heteroatoms. The summed E-state index contributed by atoms with van der Waals surface area (Å²) < 4.78 is 0. The van der Waals surface area contributed by atoms with E-state index in [0.717, 1.165) is 29.7 Å². The van der Waals surface area contributed by atoms with Gasteiger partial charge in [-0.05, 0) is 63.9 Å². The van der Waals surface area contributed by atoms with E-state index in [1.54, 1.807) is 13.0 Å². The van der Waals surface area contributed by atoms with Gasteiger partial charge in [-0.15, -0.1) is 0 Å². The minimum absolute atomic E-state index is 0.00119. The zero-order chi connectivity index (χ0) is 25.3. The Morgan fingerprint density at radius 3 is 2.00 bits per heavy atom. The standard InChI is InChI=1S/C32H48O2/c1-22(2)11-8-12-23(3)13-9-14-24(4)15-10-16-25(5)17-19-28-27(7)31(33)29-20-18-26(6)21-30(29)32(28)34/h17-18,20-24H,8-16,19H2,1-7H3/b25-17+/t23-,24-/m1/s1. The normalized spacial score (nSPS) is 16.3. The van der Waals surface area contributed by atoms with E-state index in [2.05, 4.69) is 40.7 Å². The van der Waals surface area contributed by atoms with Gasteiger partial charge in [0.15, 0.2) is 11.6 Å². The van der Waals surface area contributed by atoms with Gasteiger partial charge >= 0.3 is 0 Å². The summed E-state index contributed by atoms with van der Waals surface area (Å²) in [5.74, 6) is 2.49. The molecular weight excluding hydrogens is 416 g/mol. The van der Waals surface area contributed by atoms with Crippen LogP contribution in [-0.2, 0) is 0 Å². The summed E-state index contributed by atoms with van der Waals surface area (Å²) in [5, 5.41) is 0. The first-order chi connectivity index (χ1) is 16.1. The first-order valence-electron chi connectivity index (χ1n) is 13.7. The fourth-order valence-electron chi connectivity index (χ4n) is 5.05. The Kier molecular flexibility index (Phi) is 11.5. The van der Waals surface area contributed by atoms with Crippen LogP contribution in [0.3, 0.4) is 0 Å². The molecule has 0 aliphatic heterocycles. The Morgan fingerprint density at radius 2 is 1.38 bits per heavy atom. The number of allylic oxidation sites excluding steroid dienone is 4. The average Bonchev–Trinajstić information content (AvgIpc) is 2.77. The molecule has 2 nitrogen and oxygen atoms in total. The molecule has 0 aromatic heterocycles. The molecule has 34 heavy (non-hydrogen) atoms. The topological polar surface area (TPSA) is 34.1 Å². The number of carbonyl (C=O) groups is 2. The second-order valence-corrected chi connectivity index (χ2v) is 11.4. The van der Waals surface area contributed by atoms with Crippen molar-refractivity contribution in [1.29, 1.82) is 0 Å². The molecule has 0 fully saturated rings. The van der Waals surface area contributed by atoms with Crippen molar-refractivity contribution in [3.63, 3.8) is 0 Å². The van der Waals surface area contributed by atoms with Gasteiger partial charge in [-0.2, -0.15) is 0 Å². The van der Waals surface area contributed by atoms with Crippen LogP contribution in [0.15, 0.2) is 41.0 Å². The Balaban J connectivity index is 1.74. The summed E-state index contributed by atoms with van der Waals surface area (Å²) in [6.07, 6.45) is 14.4. The third kappa shape index (κ3) is 8.67. The van der Waals surface area contributed by atoms with E-state index in [1.807, 2.05) is 19.1 Å². The minimum atomic E-state index is -0.00119. The lowest BCUT2D eigenvalue weighted by molar-refractivity contribution is 0.0973. The van der Waals surface area contributed by atoms with E-state index < -0.39 is 0 Å². The zero-order valence-electron chi connectivity index (χ0n) is 22.9. The number of hydrogen-bond donors (Lipinski definition) is 0. The van der Waals surface area contributed by atoms with E-state index in [4.69, 9.17) is 0 Å². The van der Waals surface area contributed by atoms with Gasteiger partial charge in [0, 0.05) is 22.3 Å². The largest absolute Gasteiger partial charge is 0.289 e. The molecule has 0 heterocycles. The molecule has 0 saturated heterocycles. The Labute approximate surface area is 209 Å². The number of ketones is 2. The summed E-state index contributed by atoms with van der Waals surface area (Å²) in [6.45, 7) is 15.4. The smallest absolute Gasteiger partial charge is 0.190 e. The first-order valence-corrected chi connectivity index (χ1v) is 13.7. The van der Waals surface area contributed by atoms with Gasteiger partial charge in [0.25, 0.3) is 0 Å². The maximum atomic E-state index is 13.0. The number of rotatable bonds is 14. The van der Waals surface area contributed by atoms with Gasteiger partial charge in [0.1, 0.15) is 0 Å². The summed E-state index contributed by atoms with van der Waals surface area (Å²) >= 11 is 0. The van der Waals surface area contributed by atoms with Crippen molar-refractivity contribution in [3.8, 4) is 0 Å². The highest BCUT2D eigenvalue weighted by Gasteiger charge is 2.29. The number of aryl methyl sites for hydroxylation is 1. The van der Waals surface area contributed by atoms with E-state index in [9.17, 15) is 9.59 Å². The van der Waals surface area contributed by atoms with Crippen molar-refractivity contribution in [2.45, 2.75) is 113 Å². The lowest BCUT2D eigenvalue weighted by Gasteiger charge is -2.19. The molecule has 2 rings (SSSR count). The van der Waals surface area contributed by atoms with Crippen LogP contribution < -0.4 is 0 Å². The molecule has 0 N–H and O–H groups in total. The van der Waals surface area contributed by atoms with Gasteiger partial charge in [-0.25, -0.2) is 0 Å². The second-order valence-electron chi connectivity index (χ2n) is 11.4. The van der Waals surface area contributed by atoms with Crippen molar-refractivity contribution in [3.05, 3.63) is 57.7 Å². The number of carbonyl (C=O) groups excluding carboxylic acids is 2. The second kappa shape index (κ2) is 13.8. The third-order valence-corrected chi connectivity index (χ3v) is 7.53. The van der Waals surface area contributed by atoms with E-state index >= 15 is 0 Å². The Morgan fingerprint density at radius 1 is 0.794 bits per heavy atom. The van der Waals surface area contributed by atoms with E-state index in [0.29, 0.717) is 28.7 Å². The molecule has 1 aliphatic carbocycles. The van der Waals surface area contributed by atoms with Crippen LogP contribution in [0.5, 0.6) is 0 Å². The fourth-order valence-corrected chi connectivity index (χ4v) is 5.05. The molecule has 1 aromatic carbocycles. The summed E-state index contributed by atoms with van der Waals surface area (Å²) in [6, 6.07) is 5.55. The Bertz CT molecular complexity index is 900. The van der Waals surface area contributed by atoms with Gasteiger partial charge in [-0.1, -0.05) is 102 Å². The van der Waals surface area contributed by atoms with E-state index in [1.165, 1.54) is 56.9 Å². The average molecular weight is 465 g/mol. The highest BCUT2D eigenvalue weighted by Crippen LogP contribution is 2.29. The van der Waals surface area contributed by atoms with Gasteiger partial charge < -0.3 is 0 Å². The lowest BCUT2D eigenvalue weighted by Crippen LogP contribution is -2.21. The highest BCUT2D eigenvalue weighted by atomic mass is 16.1. The van der Waals surface area contributed by atoms with Crippen LogP contribution >= 0.6 is 0 Å². The molecule has 0 radical (unpaired) electrons. The molecule has 188 valence electrons. The predicted molar refractivity (Wildman–Crippen MR) is 146 cm³/mol. The Hall–Kier alpha value is -1.96. The molecule has 0 amide bonds. The molecule has 0 bridgehead atoms. The number of fused-ring (bicyclic) bond motifs is 1. The highest BCUT2D eigenvalue weighted by molar-refractivity contribution is 6.26. The molecule has 0 saturated carbocycles. The minimum Gasteiger partial charge on any atom is -0.289 e. The molecule has 0 spiro atoms. The van der Waals surface area contributed by atoms with Crippen LogP contribution in [0.25, 0.3) is 0 Å². The molecule has 0 unspecified atom stereocenters. The quantitative estimate of drug-likeness (QED) is 0.257. The molecular formula is C32H48O2. The lowest BCUT2D eigenvalue weighted by atomic mass is 9.82. The van der Waals surface area contributed by atoms with E-state index in [-0.39, 0.29) is 11.6 Å². The van der Waals surface area contributed by atoms with Crippen molar-refractivity contribution in [2.24, 2.45) is 17.8 Å². The van der Waals surface area contributed by atoms with Crippen molar-refractivity contribution >= 4 is 11.6 Å². The monoisotopic (exact) mass is 464 g/mol. The van der Waals surface area contributed by atoms with Crippen LogP contribution in [0, 0.1) is 24.7 Å². The molecule has 2 atom stereocenters. The maximum Gasteiger partial charge on any atom is 0.190 e. The van der Waals surface area contributed by atoms with Crippen molar-refractivity contribution < 1.29 is 9.59 Å². The number of Topliss-reactive ketones (excluding diaryl/α,β-unsaturated/α-hetero) is 2. The first kappa shape index (κ1) is 28.3. The summed E-state index contributed by atoms with van der Waals surface area (Å²) in [4.78, 5) is 25.8. The third-order valence-electron chi connectivity index (χ3n) is 7.53. The van der Waals surface area contributed by atoms with Crippen molar-refractivity contribution in [2.75, 3.05) is 0 Å². The van der Waals surface area contributed by atoms with Crippen LogP contribution in [0.4, 0.5) is 0 Å². The van der Waals surface area contributed by atoms with Gasteiger partial charge in [-0.3, -0.25) is 9.59 Å². The van der Waals surface area contributed by atoms with Gasteiger partial charge in [0.05, 0.1) is 0 Å². The van der Waals surface area contributed by atoms with Crippen LogP contribution in [-0.4, -0.2) is 11.6 Å². The van der Waals surface area contributed by atoms with Gasteiger partial charge in [0.2, 0.25) is 0 Å². The van der Waals surface area contributed by atoms with Crippen LogP contribution in [0.1, 0.15) is 132 Å². The van der Waals surface area contributed by atoms with Crippen LogP contribution in [0.2, 0.25) is 0 Å². The number of benzene rings is 1.